The third-order valence-electron chi connectivity index (χ3n) is 6.49. The Bertz CT molecular complexity index is 1230. The van der Waals surface area contributed by atoms with Gasteiger partial charge in [-0.3, -0.25) is 9.78 Å². The number of nitrogens with one attached hydrogen (secondary N) is 1. The van der Waals surface area contributed by atoms with E-state index in [0.717, 1.165) is 37.3 Å². The largest absolute Gasteiger partial charge is 0.493 e. The number of H-pyrrole nitrogens is 1. The van der Waals surface area contributed by atoms with Gasteiger partial charge in [-0.15, -0.1) is 0 Å². The van der Waals surface area contributed by atoms with Gasteiger partial charge in [0.15, 0.2) is 11.5 Å². The summed E-state index contributed by atoms with van der Waals surface area (Å²) in [5.74, 6) is 2.56. The second kappa shape index (κ2) is 8.86. The Hall–Kier alpha value is -3.40. The molecule has 0 radical (unpaired) electrons. The zero-order valence-electron chi connectivity index (χ0n) is 19.1. The molecule has 0 amide bonds. The van der Waals surface area contributed by atoms with E-state index in [2.05, 4.69) is 19.9 Å². The minimum Gasteiger partial charge on any atom is -0.493 e. The highest BCUT2D eigenvalue weighted by Crippen LogP contribution is 2.33. The molecule has 33 heavy (non-hydrogen) atoms. The highest BCUT2D eigenvalue weighted by Gasteiger charge is 2.31. The minimum atomic E-state index is -0.218. The Morgan fingerprint density at radius 2 is 1.94 bits per heavy atom. The maximum absolute atomic E-state index is 12.8. The number of anilines is 2. The fourth-order valence-electron chi connectivity index (χ4n) is 4.85. The van der Waals surface area contributed by atoms with Gasteiger partial charge in [-0.05, 0) is 25.3 Å². The molecule has 0 unspecified atom stereocenters. The molecule has 1 aromatic carbocycles. The predicted octanol–water partition coefficient (Wildman–Crippen LogP) is 1.91. The van der Waals surface area contributed by atoms with Crippen LogP contribution in [0.2, 0.25) is 0 Å². The van der Waals surface area contributed by atoms with Gasteiger partial charge in [0.25, 0.3) is 5.56 Å². The summed E-state index contributed by atoms with van der Waals surface area (Å²) >= 11 is 0. The third kappa shape index (κ3) is 3.84. The molecule has 0 aliphatic carbocycles. The van der Waals surface area contributed by atoms with Crippen LogP contribution in [0.5, 0.6) is 11.5 Å². The molecule has 5 rings (SSSR count). The van der Waals surface area contributed by atoms with Gasteiger partial charge in [0.2, 0.25) is 5.95 Å². The molecule has 2 aliphatic heterocycles. The number of aromatic amines is 1. The summed E-state index contributed by atoms with van der Waals surface area (Å²) in [5.41, 5.74) is 2.47. The second-order valence-corrected chi connectivity index (χ2v) is 8.35. The highest BCUT2D eigenvalue weighted by molar-refractivity contribution is 5.82. The Morgan fingerprint density at radius 3 is 2.73 bits per heavy atom. The number of rotatable bonds is 6. The summed E-state index contributed by atoms with van der Waals surface area (Å²) in [6, 6.07) is 3.73. The van der Waals surface area contributed by atoms with E-state index in [1.807, 2.05) is 4.90 Å². The van der Waals surface area contributed by atoms with E-state index in [0.29, 0.717) is 54.1 Å². The van der Waals surface area contributed by atoms with Gasteiger partial charge in [-0.1, -0.05) is 0 Å². The molecule has 10 nitrogen and oxygen atoms in total. The summed E-state index contributed by atoms with van der Waals surface area (Å²) < 4.78 is 16.1. The molecule has 1 fully saturated rings. The molecule has 174 valence electrons. The number of ether oxygens (including phenoxy) is 3. The highest BCUT2D eigenvalue weighted by atomic mass is 16.5. The van der Waals surface area contributed by atoms with Crippen molar-refractivity contribution >= 4 is 22.7 Å². The van der Waals surface area contributed by atoms with Crippen LogP contribution in [0.15, 0.2) is 23.3 Å². The summed E-state index contributed by atoms with van der Waals surface area (Å²) in [4.78, 5) is 34.1. The van der Waals surface area contributed by atoms with Crippen molar-refractivity contribution < 1.29 is 14.2 Å². The third-order valence-corrected chi connectivity index (χ3v) is 6.49. The van der Waals surface area contributed by atoms with Crippen LogP contribution in [-0.2, 0) is 17.7 Å². The molecule has 1 N–H and O–H groups in total. The molecule has 2 aliphatic rings. The lowest BCUT2D eigenvalue weighted by atomic mass is 10.0. The van der Waals surface area contributed by atoms with Crippen molar-refractivity contribution in [3.63, 3.8) is 0 Å². The lowest BCUT2D eigenvalue weighted by molar-refractivity contribution is 0.180. The zero-order valence-corrected chi connectivity index (χ0v) is 19.1. The molecule has 2 aromatic heterocycles. The smallest absolute Gasteiger partial charge is 0.260 e. The normalized spacial score (nSPS) is 18.0. The molecule has 4 heterocycles. The molecular formula is C23H28N6O4. The fourth-order valence-corrected chi connectivity index (χ4v) is 4.85. The SMILES string of the molecule is COC[C@@H]1CCCN1c1ncnc2c1CCN(c1nc3cc(OC)c(OC)cc3c(=O)[nH]1)C2. The van der Waals surface area contributed by atoms with Crippen LogP contribution in [0, 0.1) is 0 Å². The van der Waals surface area contributed by atoms with Gasteiger partial charge in [-0.25, -0.2) is 15.0 Å². The van der Waals surface area contributed by atoms with Crippen LogP contribution < -0.4 is 24.8 Å². The van der Waals surface area contributed by atoms with Gasteiger partial charge < -0.3 is 24.0 Å². The predicted molar refractivity (Wildman–Crippen MR) is 124 cm³/mol. The van der Waals surface area contributed by atoms with E-state index < -0.39 is 0 Å². The van der Waals surface area contributed by atoms with Gasteiger partial charge in [0, 0.05) is 31.8 Å². The first kappa shape index (κ1) is 21.4. The van der Waals surface area contributed by atoms with Crippen LogP contribution >= 0.6 is 0 Å². The number of fused-ring (bicyclic) bond motifs is 2. The summed E-state index contributed by atoms with van der Waals surface area (Å²) in [6.45, 7) is 2.93. The average Bonchev–Trinajstić information content (AvgIpc) is 3.30. The Balaban J connectivity index is 1.46. The van der Waals surface area contributed by atoms with Crippen LogP contribution in [0.3, 0.4) is 0 Å². The van der Waals surface area contributed by atoms with Crippen molar-refractivity contribution in [2.75, 3.05) is 50.8 Å². The van der Waals surface area contributed by atoms with Crippen molar-refractivity contribution in [1.29, 1.82) is 0 Å². The van der Waals surface area contributed by atoms with E-state index in [9.17, 15) is 4.79 Å². The van der Waals surface area contributed by atoms with Gasteiger partial charge in [0.05, 0.1) is 50.0 Å². The number of aromatic nitrogens is 4. The average molecular weight is 453 g/mol. The molecule has 1 atom stereocenters. The quantitative estimate of drug-likeness (QED) is 0.600. The number of methoxy groups -OCH3 is 3. The Kier molecular flexibility index (Phi) is 5.76. The van der Waals surface area contributed by atoms with E-state index in [4.69, 9.17) is 19.2 Å². The molecule has 0 spiro atoms. The van der Waals surface area contributed by atoms with Crippen LogP contribution in [0.25, 0.3) is 10.9 Å². The minimum absolute atomic E-state index is 0.218. The van der Waals surface area contributed by atoms with E-state index in [1.165, 1.54) is 5.56 Å². The van der Waals surface area contributed by atoms with Crippen molar-refractivity contribution in [2.24, 2.45) is 0 Å². The van der Waals surface area contributed by atoms with Crippen molar-refractivity contribution in [2.45, 2.75) is 31.8 Å². The fraction of sp³-hybridized carbons (Fsp3) is 0.478. The van der Waals surface area contributed by atoms with Crippen LogP contribution in [0.4, 0.5) is 11.8 Å². The van der Waals surface area contributed by atoms with Crippen molar-refractivity contribution in [3.8, 4) is 11.5 Å². The molecule has 10 heteroatoms. The Labute approximate surface area is 191 Å². The lowest BCUT2D eigenvalue weighted by Crippen LogP contribution is -2.38. The first-order valence-electron chi connectivity index (χ1n) is 11.1. The lowest BCUT2D eigenvalue weighted by Gasteiger charge is -2.33. The van der Waals surface area contributed by atoms with Gasteiger partial charge in [0.1, 0.15) is 12.1 Å². The summed E-state index contributed by atoms with van der Waals surface area (Å²) in [6.07, 6.45) is 4.65. The molecule has 1 saturated heterocycles. The van der Waals surface area contributed by atoms with Crippen LogP contribution in [-0.4, -0.2) is 67.0 Å². The molecule has 3 aromatic rings. The maximum Gasteiger partial charge on any atom is 0.260 e. The van der Waals surface area contributed by atoms with Crippen LogP contribution in [0.1, 0.15) is 24.1 Å². The van der Waals surface area contributed by atoms with Crippen molar-refractivity contribution in [1.82, 2.24) is 19.9 Å². The molecule has 0 saturated carbocycles. The molecular weight excluding hydrogens is 424 g/mol. The first-order chi connectivity index (χ1) is 16.1. The molecule has 0 bridgehead atoms. The Morgan fingerprint density at radius 1 is 1.12 bits per heavy atom. The second-order valence-electron chi connectivity index (χ2n) is 8.35. The number of nitrogens with zero attached hydrogens (tertiary/aromatic N) is 5. The van der Waals surface area contributed by atoms with E-state index in [1.54, 1.807) is 39.8 Å². The van der Waals surface area contributed by atoms with Gasteiger partial charge >= 0.3 is 0 Å². The summed E-state index contributed by atoms with van der Waals surface area (Å²) in [7, 11) is 4.85. The van der Waals surface area contributed by atoms with Crippen molar-refractivity contribution in [3.05, 3.63) is 40.1 Å². The zero-order chi connectivity index (χ0) is 22.9. The number of benzene rings is 1. The van der Waals surface area contributed by atoms with E-state index >= 15 is 0 Å². The first-order valence-corrected chi connectivity index (χ1v) is 11.1. The monoisotopic (exact) mass is 452 g/mol. The van der Waals surface area contributed by atoms with E-state index in [-0.39, 0.29) is 5.56 Å². The standard InChI is InChI=1S/C23H28N6O4/c1-31-12-14-5-4-7-29(14)21-15-6-8-28(11-18(15)24-13-25-21)23-26-17-10-20(33-3)19(32-2)9-16(17)22(30)27-23/h9-10,13-14H,4-8,11-12H2,1-3H3,(H,26,27,30)/t14-/m0/s1. The number of hydrogen-bond acceptors (Lipinski definition) is 9. The maximum atomic E-state index is 12.8. The van der Waals surface area contributed by atoms with Gasteiger partial charge in [-0.2, -0.15) is 0 Å². The number of hydrogen-bond donors (Lipinski definition) is 1. The summed E-state index contributed by atoms with van der Waals surface area (Å²) in [5, 5.41) is 0.455. The topological polar surface area (TPSA) is 106 Å².